The standard InChI is InChI=1S/C20H16N4O2/c1-20(2)17-9-15(7-8-16(17)19(25)26-20)18(24-12-22-11-23-24)14-5-3-13(10-21)4-6-14/h3-9,11-12,18H,1-2H3/t18-/m1/s1. The predicted molar refractivity (Wildman–Crippen MR) is 93.3 cm³/mol. The Kier molecular flexibility index (Phi) is 3.58. The molecule has 0 bridgehead atoms. The smallest absolute Gasteiger partial charge is 0.339 e. The Balaban J connectivity index is 1.86. The topological polar surface area (TPSA) is 80.8 Å². The van der Waals surface area contributed by atoms with Crippen molar-refractivity contribution in [3.8, 4) is 6.07 Å². The van der Waals surface area contributed by atoms with Crippen molar-refractivity contribution in [3.63, 3.8) is 0 Å². The number of carbonyl (C=O) groups is 1. The Morgan fingerprint density at radius 1 is 1.15 bits per heavy atom. The van der Waals surface area contributed by atoms with Gasteiger partial charge in [0, 0.05) is 5.56 Å². The number of cyclic esters (lactones) is 1. The Morgan fingerprint density at radius 2 is 1.88 bits per heavy atom. The summed E-state index contributed by atoms with van der Waals surface area (Å²) in [5.74, 6) is -0.299. The van der Waals surface area contributed by atoms with Gasteiger partial charge in [0.2, 0.25) is 0 Å². The van der Waals surface area contributed by atoms with Crippen LogP contribution in [-0.4, -0.2) is 20.7 Å². The van der Waals surface area contributed by atoms with Crippen LogP contribution in [-0.2, 0) is 10.3 Å². The first kappa shape index (κ1) is 16.0. The molecule has 0 saturated carbocycles. The largest absolute Gasteiger partial charge is 0.451 e. The minimum Gasteiger partial charge on any atom is -0.451 e. The van der Waals surface area contributed by atoms with E-state index >= 15 is 0 Å². The monoisotopic (exact) mass is 344 g/mol. The number of esters is 1. The van der Waals surface area contributed by atoms with E-state index in [4.69, 9.17) is 10.00 Å². The van der Waals surface area contributed by atoms with E-state index in [1.54, 1.807) is 29.2 Å². The van der Waals surface area contributed by atoms with Gasteiger partial charge in [-0.2, -0.15) is 10.4 Å². The van der Waals surface area contributed by atoms with Crippen LogP contribution in [0.1, 0.15) is 52.5 Å². The molecule has 1 atom stereocenters. The van der Waals surface area contributed by atoms with Crippen molar-refractivity contribution in [1.82, 2.24) is 14.8 Å². The van der Waals surface area contributed by atoms with Crippen molar-refractivity contribution in [2.75, 3.05) is 0 Å². The molecule has 0 unspecified atom stereocenters. The highest BCUT2D eigenvalue weighted by molar-refractivity contribution is 5.94. The lowest BCUT2D eigenvalue weighted by Crippen LogP contribution is -2.17. The highest BCUT2D eigenvalue weighted by Gasteiger charge is 2.38. The van der Waals surface area contributed by atoms with E-state index in [0.29, 0.717) is 11.1 Å². The van der Waals surface area contributed by atoms with Crippen LogP contribution in [0.4, 0.5) is 0 Å². The molecule has 6 heteroatoms. The SMILES string of the molecule is CC1(C)OC(=O)c2ccc([C@@H](c3ccc(C#N)cc3)n3cncn3)cc21. The number of hydrogen-bond donors (Lipinski definition) is 0. The number of fused-ring (bicyclic) bond motifs is 1. The molecule has 26 heavy (non-hydrogen) atoms. The molecular formula is C20H16N4O2. The molecule has 0 saturated heterocycles. The highest BCUT2D eigenvalue weighted by Crippen LogP contribution is 2.38. The van der Waals surface area contributed by atoms with Crippen LogP contribution in [0.25, 0.3) is 0 Å². The molecule has 0 fully saturated rings. The minimum atomic E-state index is -0.667. The lowest BCUT2D eigenvalue weighted by molar-refractivity contribution is 0.00952. The molecule has 0 radical (unpaired) electrons. The lowest BCUT2D eigenvalue weighted by atomic mass is 9.90. The summed E-state index contributed by atoms with van der Waals surface area (Å²) in [5.41, 5.74) is 3.32. The molecule has 3 aromatic rings. The molecule has 0 amide bonds. The van der Waals surface area contributed by atoms with Gasteiger partial charge >= 0.3 is 5.97 Å². The fourth-order valence-corrected chi connectivity index (χ4v) is 3.34. The molecule has 128 valence electrons. The molecular weight excluding hydrogens is 328 g/mol. The summed E-state index contributed by atoms with van der Waals surface area (Å²) in [5, 5.41) is 13.3. The summed E-state index contributed by atoms with van der Waals surface area (Å²) in [6.07, 6.45) is 3.14. The molecule has 2 aromatic carbocycles. The predicted octanol–water partition coefficient (Wildman–Crippen LogP) is 3.19. The Bertz CT molecular complexity index is 1010. The number of nitriles is 1. The van der Waals surface area contributed by atoms with Gasteiger partial charge in [0.15, 0.2) is 0 Å². The second kappa shape index (κ2) is 5.81. The zero-order chi connectivity index (χ0) is 18.3. The van der Waals surface area contributed by atoms with Crippen LogP contribution in [0.3, 0.4) is 0 Å². The minimum absolute atomic E-state index is 0.220. The molecule has 0 N–H and O–H groups in total. The summed E-state index contributed by atoms with van der Waals surface area (Å²) in [4.78, 5) is 16.1. The van der Waals surface area contributed by atoms with E-state index in [9.17, 15) is 4.79 Å². The summed E-state index contributed by atoms with van der Waals surface area (Å²) in [6, 6.07) is 15.0. The maximum Gasteiger partial charge on any atom is 0.339 e. The molecule has 2 heterocycles. The van der Waals surface area contributed by atoms with Gasteiger partial charge in [-0.05, 0) is 49.2 Å². The molecule has 1 aliphatic heterocycles. The Hall–Kier alpha value is -3.46. The van der Waals surface area contributed by atoms with Crippen molar-refractivity contribution < 1.29 is 9.53 Å². The van der Waals surface area contributed by atoms with E-state index in [1.807, 2.05) is 38.1 Å². The van der Waals surface area contributed by atoms with Crippen molar-refractivity contribution in [2.24, 2.45) is 0 Å². The van der Waals surface area contributed by atoms with Gasteiger partial charge in [-0.25, -0.2) is 14.5 Å². The Morgan fingerprint density at radius 3 is 2.54 bits per heavy atom. The molecule has 1 aromatic heterocycles. The average Bonchev–Trinajstić information content (AvgIpc) is 3.23. The van der Waals surface area contributed by atoms with Crippen molar-refractivity contribution >= 4 is 5.97 Å². The third-order valence-corrected chi connectivity index (χ3v) is 4.63. The van der Waals surface area contributed by atoms with Gasteiger partial charge in [-0.15, -0.1) is 0 Å². The van der Waals surface area contributed by atoms with Gasteiger partial charge in [0.25, 0.3) is 0 Å². The van der Waals surface area contributed by atoms with Crippen LogP contribution in [0.5, 0.6) is 0 Å². The zero-order valence-electron chi connectivity index (χ0n) is 14.4. The van der Waals surface area contributed by atoms with Gasteiger partial charge in [0.1, 0.15) is 24.3 Å². The molecule has 6 nitrogen and oxygen atoms in total. The number of ether oxygens (including phenoxy) is 1. The van der Waals surface area contributed by atoms with E-state index in [2.05, 4.69) is 16.2 Å². The van der Waals surface area contributed by atoms with Gasteiger partial charge < -0.3 is 4.74 Å². The quantitative estimate of drug-likeness (QED) is 0.682. The number of benzene rings is 2. The number of carbonyl (C=O) groups excluding carboxylic acids is 1. The fraction of sp³-hybridized carbons (Fsp3) is 0.200. The summed E-state index contributed by atoms with van der Waals surface area (Å²) in [6.45, 7) is 3.76. The second-order valence-electron chi connectivity index (χ2n) is 6.72. The Labute approximate surface area is 150 Å². The number of hydrogen-bond acceptors (Lipinski definition) is 5. The van der Waals surface area contributed by atoms with Crippen LogP contribution in [0.15, 0.2) is 55.1 Å². The average molecular weight is 344 g/mol. The highest BCUT2D eigenvalue weighted by atomic mass is 16.6. The van der Waals surface area contributed by atoms with Crippen molar-refractivity contribution in [1.29, 1.82) is 5.26 Å². The lowest BCUT2D eigenvalue weighted by Gasteiger charge is -2.22. The van der Waals surface area contributed by atoms with Gasteiger partial charge in [-0.3, -0.25) is 0 Å². The van der Waals surface area contributed by atoms with Gasteiger partial charge in [-0.1, -0.05) is 18.2 Å². The van der Waals surface area contributed by atoms with Gasteiger partial charge in [0.05, 0.1) is 17.2 Å². The maximum atomic E-state index is 12.1. The van der Waals surface area contributed by atoms with Crippen LogP contribution in [0, 0.1) is 11.3 Å². The molecule has 1 aliphatic rings. The summed E-state index contributed by atoms with van der Waals surface area (Å²) in [7, 11) is 0. The molecule has 4 rings (SSSR count). The first-order chi connectivity index (χ1) is 12.5. The molecule has 0 spiro atoms. The van der Waals surface area contributed by atoms with E-state index in [0.717, 1.165) is 16.7 Å². The van der Waals surface area contributed by atoms with E-state index < -0.39 is 5.60 Å². The van der Waals surface area contributed by atoms with Crippen molar-refractivity contribution in [3.05, 3.63) is 82.9 Å². The number of aromatic nitrogens is 3. The first-order valence-corrected chi connectivity index (χ1v) is 8.21. The fourth-order valence-electron chi connectivity index (χ4n) is 3.34. The van der Waals surface area contributed by atoms with Crippen molar-refractivity contribution in [2.45, 2.75) is 25.5 Å². The second-order valence-corrected chi connectivity index (χ2v) is 6.72. The molecule has 0 aliphatic carbocycles. The summed E-state index contributed by atoms with van der Waals surface area (Å²) < 4.78 is 7.23. The van der Waals surface area contributed by atoms with E-state index in [1.165, 1.54) is 6.33 Å². The van der Waals surface area contributed by atoms with Crippen LogP contribution >= 0.6 is 0 Å². The third kappa shape index (κ3) is 2.54. The van der Waals surface area contributed by atoms with Crippen LogP contribution in [0.2, 0.25) is 0 Å². The van der Waals surface area contributed by atoms with E-state index in [-0.39, 0.29) is 12.0 Å². The number of nitrogens with zero attached hydrogens (tertiary/aromatic N) is 4. The summed E-state index contributed by atoms with van der Waals surface area (Å²) >= 11 is 0. The third-order valence-electron chi connectivity index (χ3n) is 4.63. The van der Waals surface area contributed by atoms with Crippen LogP contribution < -0.4 is 0 Å². The maximum absolute atomic E-state index is 12.1. The normalized spacial score (nSPS) is 15.8. The zero-order valence-corrected chi connectivity index (χ0v) is 14.4. The number of rotatable bonds is 3. The first-order valence-electron chi connectivity index (χ1n) is 8.21.